The lowest BCUT2D eigenvalue weighted by Gasteiger charge is -2.29. The lowest BCUT2D eigenvalue weighted by molar-refractivity contribution is 0.0725. The fourth-order valence-corrected chi connectivity index (χ4v) is 3.30. The smallest absolute Gasteiger partial charge is 0.255 e. The predicted octanol–water partition coefficient (Wildman–Crippen LogP) is 2.07. The molecular weight excluding hydrogens is 318 g/mol. The molecule has 6 nitrogen and oxygen atoms in total. The number of aromatic amines is 1. The molecule has 2 heterocycles. The number of carbonyl (C=O) groups is 1. The Kier molecular flexibility index (Phi) is 4.32. The molecule has 3 rings (SSSR count). The normalized spacial score (nSPS) is 13.4. The quantitative estimate of drug-likeness (QED) is 0.929. The number of rotatable bonds is 3. The lowest BCUT2D eigenvalue weighted by Crippen LogP contribution is -2.39. The molecule has 0 aliphatic carbocycles. The highest BCUT2D eigenvalue weighted by molar-refractivity contribution is 6.00. The zero-order valence-corrected chi connectivity index (χ0v) is 14.5. The monoisotopic (exact) mass is 337 g/mol. The highest BCUT2D eigenvalue weighted by Gasteiger charge is 2.29. The van der Waals surface area contributed by atoms with Crippen LogP contribution in [0.15, 0.2) is 23.0 Å². The Bertz CT molecular complexity index is 954. The van der Waals surface area contributed by atoms with Gasteiger partial charge in [-0.25, -0.2) is 0 Å². The van der Waals surface area contributed by atoms with Crippen LogP contribution < -0.4 is 10.3 Å². The zero-order valence-electron chi connectivity index (χ0n) is 14.5. The van der Waals surface area contributed by atoms with Crippen LogP contribution in [-0.2, 0) is 13.0 Å². The van der Waals surface area contributed by atoms with Gasteiger partial charge in [-0.2, -0.15) is 5.26 Å². The SMILES string of the molecule is COc1ccc2c(c1C#N)C(=O)N(Cc1c(C)cc(C)[nH]c1=O)CC2. The molecule has 0 saturated heterocycles. The number of carbonyl (C=O) groups excluding carboxylic acids is 1. The van der Waals surface area contributed by atoms with Crippen molar-refractivity contribution in [3.05, 3.63) is 62.1 Å². The number of nitriles is 1. The molecule has 25 heavy (non-hydrogen) atoms. The van der Waals surface area contributed by atoms with E-state index in [-0.39, 0.29) is 23.6 Å². The minimum atomic E-state index is -0.240. The third-order valence-electron chi connectivity index (χ3n) is 4.58. The van der Waals surface area contributed by atoms with Gasteiger partial charge in [0.15, 0.2) is 0 Å². The number of aromatic nitrogens is 1. The molecule has 0 unspecified atom stereocenters. The van der Waals surface area contributed by atoms with Crippen molar-refractivity contribution >= 4 is 5.91 Å². The average Bonchev–Trinajstić information content (AvgIpc) is 2.58. The van der Waals surface area contributed by atoms with Gasteiger partial charge in [-0.3, -0.25) is 9.59 Å². The van der Waals surface area contributed by atoms with E-state index in [1.54, 1.807) is 11.0 Å². The molecule has 0 saturated carbocycles. The second-order valence-electron chi connectivity index (χ2n) is 6.21. The van der Waals surface area contributed by atoms with Crippen LogP contribution in [0, 0.1) is 25.2 Å². The summed E-state index contributed by atoms with van der Waals surface area (Å²) in [5, 5.41) is 9.46. The molecule has 1 amide bonds. The van der Waals surface area contributed by atoms with E-state index in [2.05, 4.69) is 11.1 Å². The van der Waals surface area contributed by atoms with Crippen LogP contribution >= 0.6 is 0 Å². The second kappa shape index (κ2) is 6.44. The molecular formula is C19H19N3O3. The van der Waals surface area contributed by atoms with Crippen LogP contribution in [0.2, 0.25) is 0 Å². The number of amides is 1. The van der Waals surface area contributed by atoms with E-state index in [0.29, 0.717) is 29.8 Å². The summed E-state index contributed by atoms with van der Waals surface area (Å²) < 4.78 is 5.21. The van der Waals surface area contributed by atoms with Gasteiger partial charge in [0, 0.05) is 17.8 Å². The number of benzene rings is 1. The highest BCUT2D eigenvalue weighted by atomic mass is 16.5. The van der Waals surface area contributed by atoms with Crippen molar-refractivity contribution in [3.8, 4) is 11.8 Å². The van der Waals surface area contributed by atoms with Gasteiger partial charge in [0.25, 0.3) is 11.5 Å². The Morgan fingerprint density at radius 3 is 2.72 bits per heavy atom. The fourth-order valence-electron chi connectivity index (χ4n) is 3.30. The number of aryl methyl sites for hydroxylation is 2. The molecule has 1 aromatic heterocycles. The summed E-state index contributed by atoms with van der Waals surface area (Å²) in [7, 11) is 1.48. The summed E-state index contributed by atoms with van der Waals surface area (Å²) >= 11 is 0. The summed E-state index contributed by atoms with van der Waals surface area (Å²) in [6.07, 6.45) is 0.641. The number of methoxy groups -OCH3 is 1. The van der Waals surface area contributed by atoms with Crippen molar-refractivity contribution in [1.82, 2.24) is 9.88 Å². The van der Waals surface area contributed by atoms with Crippen molar-refractivity contribution in [2.75, 3.05) is 13.7 Å². The third kappa shape index (κ3) is 2.89. The first-order valence-corrected chi connectivity index (χ1v) is 8.05. The number of pyridine rings is 1. The first-order chi connectivity index (χ1) is 12.0. The van der Waals surface area contributed by atoms with Crippen LogP contribution in [0.3, 0.4) is 0 Å². The van der Waals surface area contributed by atoms with E-state index in [9.17, 15) is 14.9 Å². The summed E-state index contributed by atoms with van der Waals surface area (Å²) in [6, 6.07) is 7.52. The first kappa shape index (κ1) is 16.8. The fraction of sp³-hybridized carbons (Fsp3) is 0.316. The van der Waals surface area contributed by atoms with Crippen LogP contribution in [-0.4, -0.2) is 29.4 Å². The predicted molar refractivity (Wildman–Crippen MR) is 92.7 cm³/mol. The molecule has 1 aliphatic heterocycles. The number of ether oxygens (including phenoxy) is 1. The summed E-state index contributed by atoms with van der Waals surface area (Å²) in [4.78, 5) is 29.6. The molecule has 2 aromatic rings. The molecule has 128 valence electrons. The van der Waals surface area contributed by atoms with Crippen LogP contribution in [0.1, 0.15) is 38.3 Å². The number of nitrogens with zero attached hydrogens (tertiary/aromatic N) is 2. The maximum atomic E-state index is 13.0. The van der Waals surface area contributed by atoms with Gasteiger partial charge >= 0.3 is 0 Å². The maximum Gasteiger partial charge on any atom is 0.255 e. The van der Waals surface area contributed by atoms with Gasteiger partial charge in [-0.15, -0.1) is 0 Å². The van der Waals surface area contributed by atoms with Gasteiger partial charge in [-0.05, 0) is 43.5 Å². The maximum absolute atomic E-state index is 13.0. The standard InChI is InChI=1S/C19H19N3O3/c1-11-8-12(2)21-18(23)15(11)10-22-7-6-13-4-5-16(25-3)14(9-20)17(13)19(22)24/h4-5,8H,6-7,10H2,1-3H3,(H,21,23). The second-order valence-corrected chi connectivity index (χ2v) is 6.21. The molecule has 1 aliphatic rings. The largest absolute Gasteiger partial charge is 0.495 e. The van der Waals surface area contributed by atoms with Crippen molar-refractivity contribution in [1.29, 1.82) is 5.26 Å². The lowest BCUT2D eigenvalue weighted by atomic mass is 9.93. The van der Waals surface area contributed by atoms with E-state index >= 15 is 0 Å². The zero-order chi connectivity index (χ0) is 18.1. The minimum Gasteiger partial charge on any atom is -0.495 e. The third-order valence-corrected chi connectivity index (χ3v) is 4.58. The van der Waals surface area contributed by atoms with Crippen LogP contribution in [0.5, 0.6) is 5.75 Å². The Morgan fingerprint density at radius 2 is 2.08 bits per heavy atom. The van der Waals surface area contributed by atoms with Gasteiger partial charge in [-0.1, -0.05) is 6.07 Å². The summed E-state index contributed by atoms with van der Waals surface area (Å²) in [5.74, 6) is 0.150. The molecule has 0 spiro atoms. The average molecular weight is 337 g/mol. The highest BCUT2D eigenvalue weighted by Crippen LogP contribution is 2.30. The molecule has 6 heteroatoms. The van der Waals surface area contributed by atoms with E-state index < -0.39 is 0 Å². The first-order valence-electron chi connectivity index (χ1n) is 8.05. The number of fused-ring (bicyclic) bond motifs is 1. The van der Waals surface area contributed by atoms with Crippen LogP contribution in [0.4, 0.5) is 0 Å². The van der Waals surface area contributed by atoms with Crippen molar-refractivity contribution < 1.29 is 9.53 Å². The molecule has 1 aromatic carbocycles. The molecule has 0 fully saturated rings. The topological polar surface area (TPSA) is 86.2 Å². The van der Waals surface area contributed by atoms with E-state index in [1.165, 1.54) is 7.11 Å². The molecule has 0 radical (unpaired) electrons. The minimum absolute atomic E-state index is 0.178. The van der Waals surface area contributed by atoms with Gasteiger partial charge in [0.05, 0.1) is 19.2 Å². The number of H-pyrrole nitrogens is 1. The van der Waals surface area contributed by atoms with E-state index in [4.69, 9.17) is 4.74 Å². The molecule has 0 atom stereocenters. The number of hydrogen-bond acceptors (Lipinski definition) is 4. The number of hydrogen-bond donors (Lipinski definition) is 1. The summed E-state index contributed by atoms with van der Waals surface area (Å²) in [6.45, 7) is 4.42. The molecule has 0 bridgehead atoms. The summed E-state index contributed by atoms with van der Waals surface area (Å²) in [5.41, 5.74) is 3.52. The van der Waals surface area contributed by atoms with Crippen LogP contribution in [0.25, 0.3) is 0 Å². The molecule has 1 N–H and O–H groups in total. The Balaban J connectivity index is 2.00. The Hall–Kier alpha value is -3.07. The van der Waals surface area contributed by atoms with Gasteiger partial charge in [0.2, 0.25) is 0 Å². The van der Waals surface area contributed by atoms with Crippen molar-refractivity contribution in [3.63, 3.8) is 0 Å². The van der Waals surface area contributed by atoms with E-state index in [0.717, 1.165) is 16.8 Å². The van der Waals surface area contributed by atoms with Crippen molar-refractivity contribution in [2.45, 2.75) is 26.8 Å². The Labute approximate surface area is 145 Å². The van der Waals surface area contributed by atoms with Gasteiger partial charge in [0.1, 0.15) is 17.4 Å². The van der Waals surface area contributed by atoms with Gasteiger partial charge < -0.3 is 14.6 Å². The van der Waals surface area contributed by atoms with E-state index in [1.807, 2.05) is 26.0 Å². The van der Waals surface area contributed by atoms with Crippen molar-refractivity contribution in [2.24, 2.45) is 0 Å². The Morgan fingerprint density at radius 1 is 1.32 bits per heavy atom. The number of nitrogens with one attached hydrogen (secondary N) is 1.